The number of nitrogens with two attached hydrogens (primary N) is 1. The highest BCUT2D eigenvalue weighted by Crippen LogP contribution is 2.18. The number of rotatable bonds is 7. The molecule has 18 heavy (non-hydrogen) atoms. The lowest BCUT2D eigenvalue weighted by Gasteiger charge is -2.28. The molecule has 0 radical (unpaired) electrons. The van der Waals surface area contributed by atoms with Crippen LogP contribution in [0, 0.1) is 5.92 Å². The molecule has 0 saturated carbocycles. The van der Waals surface area contributed by atoms with Crippen molar-refractivity contribution in [1.82, 2.24) is 10.2 Å². The molecule has 1 rings (SSSR count). The molecule has 1 aliphatic rings. The summed E-state index contributed by atoms with van der Waals surface area (Å²) < 4.78 is 0. The van der Waals surface area contributed by atoms with Gasteiger partial charge in [-0.15, -0.1) is 0 Å². The summed E-state index contributed by atoms with van der Waals surface area (Å²) in [6, 6.07) is 0.206. The van der Waals surface area contributed by atoms with E-state index in [0.29, 0.717) is 6.42 Å². The summed E-state index contributed by atoms with van der Waals surface area (Å²) in [5, 5.41) is 3.02. The summed E-state index contributed by atoms with van der Waals surface area (Å²) in [5.74, 6) is 0.981. The highest BCUT2D eigenvalue weighted by atomic mass is 16.1. The van der Waals surface area contributed by atoms with Crippen LogP contribution in [0.25, 0.3) is 0 Å². The van der Waals surface area contributed by atoms with Gasteiger partial charge in [0.25, 0.3) is 0 Å². The number of hydrogen-bond acceptors (Lipinski definition) is 3. The van der Waals surface area contributed by atoms with Crippen LogP contribution in [-0.4, -0.2) is 43.5 Å². The zero-order chi connectivity index (χ0) is 13.4. The molecular formula is C14H29N3O. The van der Waals surface area contributed by atoms with Crippen molar-refractivity contribution < 1.29 is 4.79 Å². The summed E-state index contributed by atoms with van der Waals surface area (Å²) in [5.41, 5.74) is 5.65. The van der Waals surface area contributed by atoms with Crippen molar-refractivity contribution in [2.75, 3.05) is 26.7 Å². The molecule has 0 spiro atoms. The molecule has 0 aromatic rings. The molecule has 3 N–H and O–H groups in total. The quantitative estimate of drug-likeness (QED) is 0.722. The van der Waals surface area contributed by atoms with Gasteiger partial charge < -0.3 is 16.0 Å². The standard InChI is InChI=1S/C14H29N3O/c1-12(15)4-3-5-14(18)16-9-6-13-7-10-17(2)11-8-13/h12-13H,3-11,15H2,1-2H3,(H,16,18). The van der Waals surface area contributed by atoms with Gasteiger partial charge >= 0.3 is 0 Å². The van der Waals surface area contributed by atoms with Crippen molar-refractivity contribution in [2.45, 2.75) is 51.5 Å². The van der Waals surface area contributed by atoms with Crippen molar-refractivity contribution in [3.63, 3.8) is 0 Å². The van der Waals surface area contributed by atoms with E-state index in [-0.39, 0.29) is 11.9 Å². The Bertz CT molecular complexity index is 235. The third-order valence-electron chi connectivity index (χ3n) is 3.78. The number of piperidine rings is 1. The fourth-order valence-corrected chi connectivity index (χ4v) is 2.44. The maximum absolute atomic E-state index is 11.6. The van der Waals surface area contributed by atoms with Gasteiger partial charge in [0.2, 0.25) is 5.91 Å². The number of amides is 1. The molecule has 1 saturated heterocycles. The summed E-state index contributed by atoms with van der Waals surface area (Å²) >= 11 is 0. The van der Waals surface area contributed by atoms with Crippen LogP contribution in [-0.2, 0) is 4.79 Å². The maximum Gasteiger partial charge on any atom is 0.219 e. The first-order valence-corrected chi connectivity index (χ1v) is 7.28. The molecule has 1 unspecified atom stereocenters. The molecule has 1 fully saturated rings. The molecule has 0 aromatic heterocycles. The molecule has 1 aliphatic heterocycles. The number of hydrogen-bond donors (Lipinski definition) is 2. The van der Waals surface area contributed by atoms with Gasteiger partial charge in [0, 0.05) is 19.0 Å². The van der Waals surface area contributed by atoms with E-state index in [0.717, 1.165) is 31.7 Å². The zero-order valence-corrected chi connectivity index (χ0v) is 12.0. The molecule has 0 aromatic carbocycles. The van der Waals surface area contributed by atoms with Crippen LogP contribution in [0.2, 0.25) is 0 Å². The Labute approximate surface area is 111 Å². The Kier molecular flexibility index (Phi) is 7.28. The smallest absolute Gasteiger partial charge is 0.219 e. The van der Waals surface area contributed by atoms with Gasteiger partial charge in [0.05, 0.1) is 0 Å². The van der Waals surface area contributed by atoms with Crippen LogP contribution in [0.3, 0.4) is 0 Å². The first-order valence-electron chi connectivity index (χ1n) is 7.28. The molecule has 106 valence electrons. The van der Waals surface area contributed by atoms with Gasteiger partial charge in [-0.1, -0.05) is 0 Å². The van der Waals surface area contributed by atoms with Gasteiger partial charge in [0.1, 0.15) is 0 Å². The molecule has 4 nitrogen and oxygen atoms in total. The van der Waals surface area contributed by atoms with Crippen LogP contribution < -0.4 is 11.1 Å². The molecule has 1 heterocycles. The van der Waals surface area contributed by atoms with E-state index >= 15 is 0 Å². The Morgan fingerprint density at radius 1 is 1.44 bits per heavy atom. The lowest BCUT2D eigenvalue weighted by molar-refractivity contribution is -0.121. The van der Waals surface area contributed by atoms with Crippen molar-refractivity contribution >= 4 is 5.91 Å². The minimum absolute atomic E-state index is 0.184. The number of nitrogens with one attached hydrogen (secondary N) is 1. The lowest BCUT2D eigenvalue weighted by Crippen LogP contribution is -2.32. The van der Waals surface area contributed by atoms with Gasteiger partial charge in [-0.2, -0.15) is 0 Å². The number of carbonyl (C=O) groups excluding carboxylic acids is 1. The molecule has 4 heteroatoms. The van der Waals surface area contributed by atoms with Gasteiger partial charge in [-0.3, -0.25) is 4.79 Å². The zero-order valence-electron chi connectivity index (χ0n) is 12.0. The second-order valence-electron chi connectivity index (χ2n) is 5.75. The van der Waals surface area contributed by atoms with E-state index in [1.807, 2.05) is 6.92 Å². The Morgan fingerprint density at radius 3 is 2.72 bits per heavy atom. The Morgan fingerprint density at radius 2 is 2.11 bits per heavy atom. The third-order valence-corrected chi connectivity index (χ3v) is 3.78. The molecule has 1 amide bonds. The van der Waals surface area contributed by atoms with Gasteiger partial charge in [-0.05, 0) is 65.1 Å². The lowest BCUT2D eigenvalue weighted by atomic mass is 9.94. The monoisotopic (exact) mass is 255 g/mol. The first-order chi connectivity index (χ1) is 8.58. The molecule has 1 atom stereocenters. The molecule has 0 bridgehead atoms. The van der Waals surface area contributed by atoms with E-state index in [1.165, 1.54) is 25.9 Å². The van der Waals surface area contributed by atoms with E-state index in [9.17, 15) is 4.79 Å². The summed E-state index contributed by atoms with van der Waals surface area (Å²) in [6.07, 6.45) is 6.13. The van der Waals surface area contributed by atoms with E-state index in [2.05, 4.69) is 17.3 Å². The second kappa shape index (κ2) is 8.48. The van der Waals surface area contributed by atoms with Crippen molar-refractivity contribution in [3.8, 4) is 0 Å². The summed E-state index contributed by atoms with van der Waals surface area (Å²) in [7, 11) is 2.18. The third kappa shape index (κ3) is 6.97. The van der Waals surface area contributed by atoms with Crippen molar-refractivity contribution in [3.05, 3.63) is 0 Å². The summed E-state index contributed by atoms with van der Waals surface area (Å²) in [6.45, 7) is 5.23. The van der Waals surface area contributed by atoms with Crippen molar-refractivity contribution in [1.29, 1.82) is 0 Å². The highest BCUT2D eigenvalue weighted by molar-refractivity contribution is 5.75. The number of nitrogens with zero attached hydrogens (tertiary/aromatic N) is 1. The van der Waals surface area contributed by atoms with Gasteiger partial charge in [0.15, 0.2) is 0 Å². The average Bonchev–Trinajstić information content (AvgIpc) is 2.31. The Balaban J connectivity index is 1.98. The van der Waals surface area contributed by atoms with Crippen LogP contribution in [0.5, 0.6) is 0 Å². The highest BCUT2D eigenvalue weighted by Gasteiger charge is 2.16. The molecule has 0 aliphatic carbocycles. The van der Waals surface area contributed by atoms with Gasteiger partial charge in [-0.25, -0.2) is 0 Å². The summed E-state index contributed by atoms with van der Waals surface area (Å²) in [4.78, 5) is 13.9. The topological polar surface area (TPSA) is 58.4 Å². The van der Waals surface area contributed by atoms with Crippen LogP contribution in [0.1, 0.15) is 45.4 Å². The van der Waals surface area contributed by atoms with Crippen LogP contribution >= 0.6 is 0 Å². The number of likely N-dealkylation sites (tertiary alicyclic amines) is 1. The van der Waals surface area contributed by atoms with E-state index in [1.54, 1.807) is 0 Å². The van der Waals surface area contributed by atoms with E-state index < -0.39 is 0 Å². The Hall–Kier alpha value is -0.610. The maximum atomic E-state index is 11.6. The predicted octanol–water partition coefficient (Wildman–Crippen LogP) is 1.35. The predicted molar refractivity (Wildman–Crippen MR) is 75.3 cm³/mol. The minimum atomic E-state index is 0.184. The van der Waals surface area contributed by atoms with Crippen LogP contribution in [0.15, 0.2) is 0 Å². The second-order valence-corrected chi connectivity index (χ2v) is 5.75. The van der Waals surface area contributed by atoms with Crippen molar-refractivity contribution in [2.24, 2.45) is 11.7 Å². The minimum Gasteiger partial charge on any atom is -0.356 e. The van der Waals surface area contributed by atoms with Crippen LogP contribution in [0.4, 0.5) is 0 Å². The molecular weight excluding hydrogens is 226 g/mol. The normalized spacial score (nSPS) is 19.7. The largest absolute Gasteiger partial charge is 0.356 e. The number of carbonyl (C=O) groups is 1. The fourth-order valence-electron chi connectivity index (χ4n) is 2.44. The SMILES string of the molecule is CC(N)CCCC(=O)NCCC1CCN(C)CC1. The fraction of sp³-hybridized carbons (Fsp3) is 0.929. The average molecular weight is 255 g/mol. The van der Waals surface area contributed by atoms with E-state index in [4.69, 9.17) is 5.73 Å². The first kappa shape index (κ1) is 15.4.